The Bertz CT molecular complexity index is 813. The van der Waals surface area contributed by atoms with Crippen LogP contribution in [0.15, 0.2) is 23.9 Å². The Kier molecular flexibility index (Phi) is 4.86. The molecule has 0 bridgehead atoms. The lowest BCUT2D eigenvalue weighted by atomic mass is 10.1. The number of hydrogen-bond acceptors (Lipinski definition) is 7. The summed E-state index contributed by atoms with van der Waals surface area (Å²) in [5, 5.41) is 12.4. The smallest absolute Gasteiger partial charge is 0.416 e. The molecule has 0 atom stereocenters. The lowest BCUT2D eigenvalue weighted by molar-refractivity contribution is -0.384. The van der Waals surface area contributed by atoms with Crippen molar-refractivity contribution in [2.75, 3.05) is 5.32 Å². The van der Waals surface area contributed by atoms with E-state index >= 15 is 0 Å². The molecule has 1 heterocycles. The molecule has 1 N–H and O–H groups in total. The van der Waals surface area contributed by atoms with Crippen LogP contribution in [0.2, 0.25) is 5.02 Å². The molecule has 0 aliphatic carbocycles. The number of hydrogen-bond donors (Lipinski definition) is 1. The van der Waals surface area contributed by atoms with Gasteiger partial charge in [0, 0.05) is 26.1 Å². The summed E-state index contributed by atoms with van der Waals surface area (Å²) < 4.78 is 48.3. The Morgan fingerprint density at radius 1 is 1.23 bits per heavy atom. The van der Waals surface area contributed by atoms with Gasteiger partial charge in [-0.3, -0.25) is 10.1 Å². The van der Waals surface area contributed by atoms with Crippen LogP contribution in [0.3, 0.4) is 0 Å². The maximum Gasteiger partial charge on any atom is 0.416 e. The second kappa shape index (κ2) is 6.48. The van der Waals surface area contributed by atoms with Crippen LogP contribution < -0.4 is 5.32 Å². The highest BCUT2D eigenvalue weighted by Crippen LogP contribution is 2.39. The summed E-state index contributed by atoms with van der Waals surface area (Å²) in [5.74, 6) is -3.68. The number of benzene rings is 1. The lowest BCUT2D eigenvalue weighted by Crippen LogP contribution is -2.42. The van der Waals surface area contributed by atoms with Gasteiger partial charge in [0.2, 0.25) is 0 Å². The Balaban J connectivity index is 2.43. The molecular weight excluding hydrogens is 385 g/mol. The molecule has 0 saturated carbocycles. The summed E-state index contributed by atoms with van der Waals surface area (Å²) >= 11 is 5.73. The average molecular weight is 395 g/mol. The normalized spacial score (nSPS) is 16.6. The van der Waals surface area contributed by atoms with Crippen molar-refractivity contribution in [3.63, 3.8) is 0 Å². The molecule has 1 aromatic carbocycles. The van der Waals surface area contributed by atoms with E-state index < -0.39 is 56.4 Å². The fraction of sp³-hybridized carbons (Fsp3) is 0.286. The third-order valence-electron chi connectivity index (χ3n) is 3.07. The van der Waals surface area contributed by atoms with Gasteiger partial charge in [0.15, 0.2) is 5.57 Å². The molecule has 1 fully saturated rings. The Hall–Kier alpha value is -2.82. The van der Waals surface area contributed by atoms with Gasteiger partial charge in [-0.1, -0.05) is 11.6 Å². The van der Waals surface area contributed by atoms with E-state index in [-0.39, 0.29) is 6.07 Å². The number of alkyl halides is 3. The number of nitro groups is 1. The molecule has 0 spiro atoms. The number of rotatable bonds is 3. The number of nitrogens with one attached hydrogen (secondary N) is 1. The number of cyclic esters (lactones) is 2. The van der Waals surface area contributed by atoms with Crippen molar-refractivity contribution in [1.29, 1.82) is 0 Å². The molecule has 0 radical (unpaired) electrons. The third-order valence-corrected chi connectivity index (χ3v) is 3.46. The Morgan fingerprint density at radius 3 is 2.23 bits per heavy atom. The van der Waals surface area contributed by atoms with Gasteiger partial charge < -0.3 is 14.8 Å². The van der Waals surface area contributed by atoms with Gasteiger partial charge in [0.1, 0.15) is 5.02 Å². The van der Waals surface area contributed by atoms with E-state index in [1.54, 1.807) is 0 Å². The van der Waals surface area contributed by atoms with Gasteiger partial charge in [0.25, 0.3) is 11.5 Å². The topological polar surface area (TPSA) is 108 Å². The van der Waals surface area contributed by atoms with Crippen molar-refractivity contribution in [1.82, 2.24) is 0 Å². The number of halogens is 4. The molecule has 1 aromatic rings. The first-order valence-electron chi connectivity index (χ1n) is 6.80. The van der Waals surface area contributed by atoms with Crippen LogP contribution in [0.25, 0.3) is 0 Å². The molecule has 2 rings (SSSR count). The molecule has 26 heavy (non-hydrogen) atoms. The van der Waals surface area contributed by atoms with Crippen molar-refractivity contribution in [2.45, 2.75) is 25.8 Å². The highest BCUT2D eigenvalue weighted by molar-refractivity contribution is 6.35. The van der Waals surface area contributed by atoms with Crippen molar-refractivity contribution in [3.05, 3.63) is 44.6 Å². The quantitative estimate of drug-likeness (QED) is 0.275. The number of esters is 2. The van der Waals surface area contributed by atoms with Crippen molar-refractivity contribution in [2.24, 2.45) is 0 Å². The highest BCUT2D eigenvalue weighted by atomic mass is 35.5. The van der Waals surface area contributed by atoms with Gasteiger partial charge in [-0.15, -0.1) is 0 Å². The second-order valence-corrected chi connectivity index (χ2v) is 5.87. The number of nitro benzene ring substituents is 1. The van der Waals surface area contributed by atoms with Crippen LogP contribution in [-0.2, 0) is 25.2 Å². The number of anilines is 1. The predicted molar refractivity (Wildman–Crippen MR) is 81.1 cm³/mol. The number of carbonyl (C=O) groups excluding carboxylic acids is 2. The number of nitrogens with zero attached hydrogens (tertiary/aromatic N) is 1. The Morgan fingerprint density at radius 2 is 1.77 bits per heavy atom. The van der Waals surface area contributed by atoms with Crippen molar-refractivity contribution in [3.8, 4) is 0 Å². The van der Waals surface area contributed by atoms with Gasteiger partial charge in [-0.25, -0.2) is 9.59 Å². The Labute approximate surface area is 148 Å². The first-order chi connectivity index (χ1) is 11.8. The average Bonchev–Trinajstić information content (AvgIpc) is 2.45. The summed E-state index contributed by atoms with van der Waals surface area (Å²) in [6.07, 6.45) is -4.18. The second-order valence-electron chi connectivity index (χ2n) is 5.49. The van der Waals surface area contributed by atoms with Crippen molar-refractivity contribution >= 4 is 34.9 Å². The first kappa shape index (κ1) is 19.5. The van der Waals surface area contributed by atoms with Crippen LogP contribution in [0.1, 0.15) is 19.4 Å². The largest absolute Gasteiger partial charge is 0.419 e. The third kappa shape index (κ3) is 4.04. The fourth-order valence-corrected chi connectivity index (χ4v) is 2.17. The zero-order chi connectivity index (χ0) is 19.9. The minimum absolute atomic E-state index is 0.270. The van der Waals surface area contributed by atoms with E-state index in [0.29, 0.717) is 12.3 Å². The maximum absolute atomic E-state index is 12.9. The molecule has 0 unspecified atom stereocenters. The molecular formula is C14H10ClF3N2O6. The molecule has 0 aromatic heterocycles. The van der Waals surface area contributed by atoms with E-state index in [0.717, 1.165) is 0 Å². The lowest BCUT2D eigenvalue weighted by Gasteiger charge is -2.29. The number of ether oxygens (including phenoxy) is 2. The zero-order valence-electron chi connectivity index (χ0n) is 13.1. The van der Waals surface area contributed by atoms with E-state index in [1.807, 2.05) is 0 Å². The zero-order valence-corrected chi connectivity index (χ0v) is 13.9. The molecule has 1 saturated heterocycles. The highest BCUT2D eigenvalue weighted by Gasteiger charge is 2.39. The molecule has 12 heteroatoms. The number of carbonyl (C=O) groups is 2. The summed E-state index contributed by atoms with van der Waals surface area (Å²) in [4.78, 5) is 33.4. The van der Waals surface area contributed by atoms with Gasteiger partial charge >= 0.3 is 18.1 Å². The van der Waals surface area contributed by atoms with Gasteiger partial charge in [-0.2, -0.15) is 13.2 Å². The minimum atomic E-state index is -4.88. The van der Waals surface area contributed by atoms with E-state index in [1.165, 1.54) is 13.8 Å². The van der Waals surface area contributed by atoms with E-state index in [2.05, 4.69) is 5.32 Å². The monoisotopic (exact) mass is 394 g/mol. The molecule has 8 nitrogen and oxygen atoms in total. The SMILES string of the molecule is CC1(C)OC(=O)C(=CNc2cc(C(F)(F)F)cc([N+](=O)[O-])c2Cl)C(=O)O1. The van der Waals surface area contributed by atoms with Crippen LogP contribution >= 0.6 is 11.6 Å². The standard InChI is InChI=1S/C14H10ClF3N2O6/c1-13(2)25-11(21)7(12(22)26-13)5-19-8-3-6(14(16,17)18)4-9(10(8)15)20(23)24/h3-5,19H,1-2H3. The molecule has 1 aliphatic rings. The molecule has 1 aliphatic heterocycles. The van der Waals surface area contributed by atoms with E-state index in [9.17, 15) is 32.9 Å². The first-order valence-corrected chi connectivity index (χ1v) is 7.18. The minimum Gasteiger partial charge on any atom is -0.419 e. The van der Waals surface area contributed by atoms with Gasteiger partial charge in [-0.05, 0) is 6.07 Å². The summed E-state index contributed by atoms with van der Waals surface area (Å²) in [7, 11) is 0. The van der Waals surface area contributed by atoms with Crippen LogP contribution in [0, 0.1) is 10.1 Å². The van der Waals surface area contributed by atoms with Crippen LogP contribution in [0.4, 0.5) is 24.5 Å². The van der Waals surface area contributed by atoms with E-state index in [4.69, 9.17) is 21.1 Å². The van der Waals surface area contributed by atoms with Crippen LogP contribution in [-0.4, -0.2) is 22.6 Å². The molecule has 0 amide bonds. The predicted octanol–water partition coefficient (Wildman–Crippen LogP) is 3.40. The summed E-state index contributed by atoms with van der Waals surface area (Å²) in [5.41, 5.74) is -3.53. The van der Waals surface area contributed by atoms with Crippen LogP contribution in [0.5, 0.6) is 0 Å². The fourth-order valence-electron chi connectivity index (χ4n) is 1.94. The van der Waals surface area contributed by atoms with Gasteiger partial charge in [0.05, 0.1) is 16.2 Å². The van der Waals surface area contributed by atoms with Crippen molar-refractivity contribution < 1.29 is 37.2 Å². The summed E-state index contributed by atoms with van der Waals surface area (Å²) in [6.45, 7) is 2.61. The summed E-state index contributed by atoms with van der Waals surface area (Å²) in [6, 6.07) is 0.766. The molecule has 140 valence electrons. The maximum atomic E-state index is 12.9.